The van der Waals surface area contributed by atoms with Crippen LogP contribution in [0, 0.1) is 11.3 Å². The fourth-order valence-electron chi connectivity index (χ4n) is 2.80. The molecule has 0 aliphatic carbocycles. The Bertz CT molecular complexity index is 583. The maximum absolute atomic E-state index is 12.7. The van der Waals surface area contributed by atoms with Crippen molar-refractivity contribution < 1.29 is 4.79 Å². The Kier molecular flexibility index (Phi) is 5.74. The van der Waals surface area contributed by atoms with Gasteiger partial charge in [-0.1, -0.05) is 25.1 Å². The van der Waals surface area contributed by atoms with Gasteiger partial charge in [0.25, 0.3) is 0 Å². The van der Waals surface area contributed by atoms with Gasteiger partial charge in [-0.15, -0.1) is 0 Å². The highest BCUT2D eigenvalue weighted by atomic mass is 16.2. The molecule has 1 heterocycles. The quantitative estimate of drug-likeness (QED) is 0.867. The fraction of sp³-hybridized carbons (Fsp3) is 0.444. The molecule has 0 aromatic heterocycles. The van der Waals surface area contributed by atoms with E-state index in [2.05, 4.69) is 6.07 Å². The number of likely N-dealkylation sites (tertiary alicyclic amines) is 1. The molecule has 1 amide bonds. The van der Waals surface area contributed by atoms with E-state index in [0.717, 1.165) is 36.9 Å². The molecule has 0 bridgehead atoms. The minimum Gasteiger partial charge on any atom is -0.337 e. The van der Waals surface area contributed by atoms with E-state index in [1.165, 1.54) is 0 Å². The largest absolute Gasteiger partial charge is 0.337 e. The Morgan fingerprint density at radius 1 is 1.45 bits per heavy atom. The van der Waals surface area contributed by atoms with Crippen molar-refractivity contribution in [2.75, 3.05) is 13.1 Å². The maximum Gasteiger partial charge on any atom is 0.249 e. The number of nitriles is 1. The summed E-state index contributed by atoms with van der Waals surface area (Å²) in [5.74, 6) is 0.0985. The summed E-state index contributed by atoms with van der Waals surface area (Å²) in [6.45, 7) is 3.47. The summed E-state index contributed by atoms with van der Waals surface area (Å²) < 4.78 is 0. The second-order valence-corrected chi connectivity index (χ2v) is 5.78. The van der Waals surface area contributed by atoms with Crippen LogP contribution in [-0.2, 0) is 11.2 Å². The summed E-state index contributed by atoms with van der Waals surface area (Å²) in [6, 6.07) is 9.61. The zero-order valence-corrected chi connectivity index (χ0v) is 13.1. The number of allylic oxidation sites excluding steroid dienone is 1. The number of carbonyl (C=O) groups excluding carboxylic acids is 1. The van der Waals surface area contributed by atoms with Gasteiger partial charge < -0.3 is 10.6 Å². The van der Waals surface area contributed by atoms with Crippen molar-refractivity contribution in [3.05, 3.63) is 47.0 Å². The molecule has 4 nitrogen and oxygen atoms in total. The number of hydrogen-bond donors (Lipinski definition) is 1. The number of benzene rings is 1. The van der Waals surface area contributed by atoms with Crippen LogP contribution in [0.5, 0.6) is 0 Å². The maximum atomic E-state index is 12.7. The van der Waals surface area contributed by atoms with Crippen molar-refractivity contribution in [2.24, 2.45) is 5.73 Å². The minimum atomic E-state index is 0.0930. The van der Waals surface area contributed by atoms with Crippen LogP contribution in [-0.4, -0.2) is 29.9 Å². The van der Waals surface area contributed by atoms with E-state index in [1.807, 2.05) is 30.0 Å². The molecule has 22 heavy (non-hydrogen) atoms. The second kappa shape index (κ2) is 7.77. The molecule has 0 saturated carbocycles. The zero-order chi connectivity index (χ0) is 15.9. The average Bonchev–Trinajstić information content (AvgIpc) is 2.54. The number of amides is 1. The van der Waals surface area contributed by atoms with E-state index in [4.69, 9.17) is 11.0 Å². The Morgan fingerprint density at radius 3 is 2.77 bits per heavy atom. The molecular weight excluding hydrogens is 274 g/mol. The van der Waals surface area contributed by atoms with Gasteiger partial charge in [0.2, 0.25) is 5.91 Å². The van der Waals surface area contributed by atoms with Crippen LogP contribution >= 0.6 is 0 Å². The lowest BCUT2D eigenvalue weighted by atomic mass is 10.00. The number of carbonyl (C=O) groups is 1. The van der Waals surface area contributed by atoms with Crippen LogP contribution in [0.4, 0.5) is 0 Å². The summed E-state index contributed by atoms with van der Waals surface area (Å²) in [6.07, 6.45) is 5.40. The molecule has 4 heteroatoms. The number of nitrogens with zero attached hydrogens (tertiary/aromatic N) is 2. The van der Waals surface area contributed by atoms with E-state index in [0.29, 0.717) is 18.5 Å². The predicted octanol–water partition coefficient (Wildman–Crippen LogP) is 2.39. The van der Waals surface area contributed by atoms with Gasteiger partial charge in [0.05, 0.1) is 11.6 Å². The Hall–Kier alpha value is -2.12. The third kappa shape index (κ3) is 4.19. The van der Waals surface area contributed by atoms with Gasteiger partial charge in [-0.25, -0.2) is 0 Å². The molecule has 1 aromatic rings. The van der Waals surface area contributed by atoms with Gasteiger partial charge in [0, 0.05) is 31.1 Å². The first-order valence-corrected chi connectivity index (χ1v) is 7.87. The SMILES string of the molecule is CC/C=C(\Cc1ccc(C#N)cc1)C(=O)N1CCCC(N)C1. The van der Waals surface area contributed by atoms with Crippen LogP contribution in [0.25, 0.3) is 0 Å². The van der Waals surface area contributed by atoms with Crippen LogP contribution in [0.1, 0.15) is 37.3 Å². The average molecular weight is 297 g/mol. The molecule has 1 saturated heterocycles. The third-order valence-electron chi connectivity index (χ3n) is 3.95. The van der Waals surface area contributed by atoms with Crippen molar-refractivity contribution in [3.8, 4) is 6.07 Å². The van der Waals surface area contributed by atoms with E-state index >= 15 is 0 Å². The van der Waals surface area contributed by atoms with Crippen molar-refractivity contribution in [3.63, 3.8) is 0 Å². The van der Waals surface area contributed by atoms with Gasteiger partial charge in [-0.2, -0.15) is 5.26 Å². The molecule has 116 valence electrons. The van der Waals surface area contributed by atoms with Crippen LogP contribution in [0.15, 0.2) is 35.9 Å². The molecule has 2 rings (SSSR count). The monoisotopic (exact) mass is 297 g/mol. The highest BCUT2D eigenvalue weighted by Crippen LogP contribution is 2.16. The highest BCUT2D eigenvalue weighted by Gasteiger charge is 2.23. The molecule has 1 aliphatic rings. The number of rotatable bonds is 4. The van der Waals surface area contributed by atoms with Crippen LogP contribution in [0.3, 0.4) is 0 Å². The van der Waals surface area contributed by atoms with Gasteiger partial charge in [0.1, 0.15) is 0 Å². The lowest BCUT2D eigenvalue weighted by Crippen LogP contribution is -2.46. The Labute approximate surface area is 132 Å². The Morgan fingerprint density at radius 2 is 2.18 bits per heavy atom. The zero-order valence-electron chi connectivity index (χ0n) is 13.1. The third-order valence-corrected chi connectivity index (χ3v) is 3.95. The topological polar surface area (TPSA) is 70.1 Å². The summed E-state index contributed by atoms with van der Waals surface area (Å²) in [5.41, 5.74) is 8.48. The fourth-order valence-corrected chi connectivity index (χ4v) is 2.80. The molecule has 1 aliphatic heterocycles. The highest BCUT2D eigenvalue weighted by molar-refractivity contribution is 5.94. The molecule has 1 unspecified atom stereocenters. The lowest BCUT2D eigenvalue weighted by molar-refractivity contribution is -0.128. The van der Waals surface area contributed by atoms with Crippen LogP contribution < -0.4 is 5.73 Å². The number of nitrogens with two attached hydrogens (primary N) is 1. The van der Waals surface area contributed by atoms with Crippen LogP contribution in [0.2, 0.25) is 0 Å². The molecule has 2 N–H and O–H groups in total. The van der Waals surface area contributed by atoms with E-state index in [1.54, 1.807) is 12.1 Å². The summed E-state index contributed by atoms with van der Waals surface area (Å²) in [7, 11) is 0. The van der Waals surface area contributed by atoms with E-state index in [-0.39, 0.29) is 11.9 Å². The number of hydrogen-bond acceptors (Lipinski definition) is 3. The standard InChI is InChI=1S/C18H23N3O/c1-2-4-16(11-14-6-8-15(12-19)9-7-14)18(22)21-10-3-5-17(20)13-21/h4,6-9,17H,2-3,5,10-11,13,20H2,1H3/b16-4+. The summed E-state index contributed by atoms with van der Waals surface area (Å²) >= 11 is 0. The molecule has 0 radical (unpaired) electrons. The van der Waals surface area contributed by atoms with E-state index < -0.39 is 0 Å². The van der Waals surface area contributed by atoms with Crippen molar-refractivity contribution in [1.82, 2.24) is 4.90 Å². The van der Waals surface area contributed by atoms with Gasteiger partial charge >= 0.3 is 0 Å². The van der Waals surface area contributed by atoms with Crippen molar-refractivity contribution in [2.45, 2.75) is 38.6 Å². The molecule has 1 aromatic carbocycles. The molecular formula is C18H23N3O. The van der Waals surface area contributed by atoms with E-state index in [9.17, 15) is 4.79 Å². The molecule has 0 spiro atoms. The molecule has 1 fully saturated rings. The van der Waals surface area contributed by atoms with Crippen molar-refractivity contribution >= 4 is 5.91 Å². The first-order valence-electron chi connectivity index (χ1n) is 7.87. The lowest BCUT2D eigenvalue weighted by Gasteiger charge is -2.31. The van der Waals surface area contributed by atoms with Gasteiger partial charge in [-0.05, 0) is 37.0 Å². The van der Waals surface area contributed by atoms with Gasteiger partial charge in [-0.3, -0.25) is 4.79 Å². The Balaban J connectivity index is 2.10. The molecule has 1 atom stereocenters. The van der Waals surface area contributed by atoms with Crippen molar-refractivity contribution in [1.29, 1.82) is 5.26 Å². The normalized spacial score (nSPS) is 18.9. The smallest absolute Gasteiger partial charge is 0.249 e. The summed E-state index contributed by atoms with van der Waals surface area (Å²) in [5, 5.41) is 8.84. The predicted molar refractivity (Wildman–Crippen MR) is 87.0 cm³/mol. The second-order valence-electron chi connectivity index (χ2n) is 5.78. The van der Waals surface area contributed by atoms with Gasteiger partial charge in [0.15, 0.2) is 0 Å². The first-order chi connectivity index (χ1) is 10.6. The first kappa shape index (κ1) is 16.3. The number of piperidine rings is 1. The summed E-state index contributed by atoms with van der Waals surface area (Å²) in [4.78, 5) is 14.6. The minimum absolute atomic E-state index is 0.0930.